The van der Waals surface area contributed by atoms with Crippen LogP contribution in [0.3, 0.4) is 0 Å². The number of thiocarbonyl (C=S) groups is 1. The number of carbonyl (C=O) groups excluding carboxylic acids is 2. The van der Waals surface area contributed by atoms with Crippen LogP contribution in [0, 0.1) is 0 Å². The molecule has 8 N–H and O–H groups in total. The molecule has 2 aliphatic rings. The Labute approximate surface area is 173 Å². The van der Waals surface area contributed by atoms with Crippen molar-refractivity contribution < 1.29 is 19.2 Å². The predicted molar refractivity (Wildman–Crippen MR) is 114 cm³/mol. The molecule has 2 heterocycles. The highest BCUT2D eigenvalue weighted by atomic mass is 32.1. The van der Waals surface area contributed by atoms with E-state index in [9.17, 15) is 9.59 Å². The van der Waals surface area contributed by atoms with E-state index in [0.717, 1.165) is 5.69 Å². The van der Waals surface area contributed by atoms with Crippen molar-refractivity contribution >= 4 is 51.8 Å². The molecule has 0 spiro atoms. The van der Waals surface area contributed by atoms with Crippen LogP contribution in [0.25, 0.3) is 5.70 Å². The number of ether oxygens (including phenoxy) is 1. The summed E-state index contributed by atoms with van der Waals surface area (Å²) in [5.41, 5.74) is 26.2. The van der Waals surface area contributed by atoms with Gasteiger partial charge in [0.1, 0.15) is 16.6 Å². The van der Waals surface area contributed by atoms with Crippen LogP contribution < -0.4 is 28.1 Å². The lowest BCUT2D eigenvalue weighted by molar-refractivity contribution is -0.141. The summed E-state index contributed by atoms with van der Waals surface area (Å²) in [5, 5.41) is 3.46. The third-order valence-corrected chi connectivity index (χ3v) is 4.28. The van der Waals surface area contributed by atoms with Crippen LogP contribution in [-0.2, 0) is 19.2 Å². The van der Waals surface area contributed by atoms with Crippen LogP contribution in [0.15, 0.2) is 29.1 Å². The van der Waals surface area contributed by atoms with Crippen LogP contribution in [0.2, 0.25) is 0 Å². The molecule has 0 aromatic heterocycles. The molecule has 0 bridgehead atoms. The number of hydrogen-bond acceptors (Lipinski definition) is 11. The Morgan fingerprint density at radius 2 is 2.03 bits per heavy atom. The molecule has 0 saturated carbocycles. The second-order valence-electron chi connectivity index (χ2n) is 6.45. The number of anilines is 2. The fourth-order valence-electron chi connectivity index (χ4n) is 2.41. The maximum atomic E-state index is 11.8. The number of nitrogens with zero attached hydrogens (tertiary/aromatic N) is 1. The molecule has 0 aliphatic carbocycles. The smallest absolute Gasteiger partial charge is 0.357 e. The summed E-state index contributed by atoms with van der Waals surface area (Å²) < 4.78 is 5.06. The lowest BCUT2D eigenvalue weighted by atomic mass is 10.0. The molecular formula is C18H24N6O4S. The van der Waals surface area contributed by atoms with E-state index >= 15 is 0 Å². The summed E-state index contributed by atoms with van der Waals surface area (Å²) in [6.07, 6.45) is 0.425. The summed E-state index contributed by atoms with van der Waals surface area (Å²) in [7, 11) is 0. The topological polar surface area (TPSA) is 167 Å². The first-order chi connectivity index (χ1) is 13.6. The molecule has 3 rings (SSSR count). The minimum absolute atomic E-state index is 0.00299. The molecule has 29 heavy (non-hydrogen) atoms. The fraction of sp³-hybridized carbons (Fsp3) is 0.333. The van der Waals surface area contributed by atoms with E-state index in [4.69, 9.17) is 34.2 Å². The highest BCUT2D eigenvalue weighted by molar-refractivity contribution is 7.82. The first-order valence-electron chi connectivity index (χ1n) is 8.85. The number of hydrogen-bond donors (Lipinski definition) is 5. The van der Waals surface area contributed by atoms with Crippen molar-refractivity contribution in [3.63, 3.8) is 0 Å². The Morgan fingerprint density at radius 1 is 1.34 bits per heavy atom. The van der Waals surface area contributed by atoms with E-state index in [1.165, 1.54) is 0 Å². The van der Waals surface area contributed by atoms with Gasteiger partial charge in [-0.05, 0) is 38.5 Å². The summed E-state index contributed by atoms with van der Waals surface area (Å²) in [6, 6.07) is 4.64. The van der Waals surface area contributed by atoms with Gasteiger partial charge in [0, 0.05) is 11.3 Å². The number of nitrogens with two attached hydrogens (primary N) is 3. The Hall–Kier alpha value is -3.18. The minimum atomic E-state index is -0.616. The van der Waals surface area contributed by atoms with Gasteiger partial charge < -0.3 is 32.2 Å². The van der Waals surface area contributed by atoms with Crippen molar-refractivity contribution in [3.05, 3.63) is 29.5 Å². The normalized spacial score (nSPS) is 17.2. The number of nitrogens with one attached hydrogen (secondary N) is 2. The molecule has 11 heteroatoms. The molecule has 156 valence electrons. The zero-order valence-corrected chi connectivity index (χ0v) is 17.1. The van der Waals surface area contributed by atoms with Crippen molar-refractivity contribution in [2.45, 2.75) is 39.3 Å². The number of esters is 1. The van der Waals surface area contributed by atoms with E-state index in [1.807, 2.05) is 6.92 Å². The highest BCUT2D eigenvalue weighted by Crippen LogP contribution is 2.28. The molecule has 0 saturated heterocycles. The molecule has 1 unspecified atom stereocenters. The zero-order valence-electron chi connectivity index (χ0n) is 16.3. The summed E-state index contributed by atoms with van der Waals surface area (Å²) >= 11 is 5.11. The first-order valence-corrected chi connectivity index (χ1v) is 9.26. The van der Waals surface area contributed by atoms with E-state index in [2.05, 4.69) is 20.8 Å². The SMILES string of the molecule is CC(C)OC(=O)C(=S)C1=C(N)c2cc(N)ccc2NN1.CCC1=NOC(=O)C1N. The third-order valence-electron chi connectivity index (χ3n) is 3.91. The average Bonchev–Trinajstić information content (AvgIpc) is 3.00. The molecule has 1 aromatic rings. The Morgan fingerprint density at radius 3 is 2.55 bits per heavy atom. The Balaban J connectivity index is 0.000000278. The number of rotatable bonds is 4. The lowest BCUT2D eigenvalue weighted by Gasteiger charge is -2.24. The summed E-state index contributed by atoms with van der Waals surface area (Å²) in [6.45, 7) is 5.38. The first kappa shape index (κ1) is 22.1. The maximum Gasteiger partial charge on any atom is 0.357 e. The van der Waals surface area contributed by atoms with Gasteiger partial charge in [-0.1, -0.05) is 24.3 Å². The van der Waals surface area contributed by atoms with Gasteiger partial charge in [-0.25, -0.2) is 9.59 Å². The average molecular weight is 420 g/mol. The van der Waals surface area contributed by atoms with Crippen LogP contribution in [0.5, 0.6) is 0 Å². The van der Waals surface area contributed by atoms with Crippen molar-refractivity contribution in [1.29, 1.82) is 0 Å². The second-order valence-corrected chi connectivity index (χ2v) is 6.86. The number of benzene rings is 1. The van der Waals surface area contributed by atoms with Gasteiger partial charge in [0.25, 0.3) is 0 Å². The van der Waals surface area contributed by atoms with Gasteiger partial charge in [0.05, 0.1) is 23.2 Å². The number of carbonyl (C=O) groups is 2. The lowest BCUT2D eigenvalue weighted by Crippen LogP contribution is -2.36. The molecule has 0 amide bonds. The number of nitrogen functional groups attached to an aromatic ring is 1. The Bertz CT molecular complexity index is 896. The molecule has 1 atom stereocenters. The Kier molecular flexibility index (Phi) is 7.13. The molecule has 0 radical (unpaired) electrons. The van der Waals surface area contributed by atoms with Gasteiger partial charge in [0.15, 0.2) is 0 Å². The highest BCUT2D eigenvalue weighted by Gasteiger charge is 2.27. The van der Waals surface area contributed by atoms with Crippen LogP contribution >= 0.6 is 12.2 Å². The van der Waals surface area contributed by atoms with Gasteiger partial charge in [-0.2, -0.15) is 0 Å². The molecular weight excluding hydrogens is 396 g/mol. The van der Waals surface area contributed by atoms with Crippen LogP contribution in [0.1, 0.15) is 32.8 Å². The predicted octanol–water partition coefficient (Wildman–Crippen LogP) is 0.784. The van der Waals surface area contributed by atoms with Gasteiger partial charge in [0.2, 0.25) is 0 Å². The second kappa shape index (κ2) is 9.34. The van der Waals surface area contributed by atoms with Gasteiger partial charge >= 0.3 is 11.9 Å². The van der Waals surface area contributed by atoms with Crippen LogP contribution in [0.4, 0.5) is 11.4 Å². The largest absolute Gasteiger partial charge is 0.459 e. The van der Waals surface area contributed by atoms with Gasteiger partial charge in [-0.3, -0.25) is 5.43 Å². The zero-order chi connectivity index (χ0) is 21.7. The fourth-order valence-corrected chi connectivity index (χ4v) is 2.62. The number of fused-ring (bicyclic) bond motifs is 1. The minimum Gasteiger partial charge on any atom is -0.459 e. The standard InChI is InChI=1S/C13H16N4O2S.C5H8N2O2/c1-6(2)19-13(18)12(20)11-10(15)8-5-7(14)3-4-9(8)16-17-11;1-2-3-4(6)5(8)9-7-3/h3-6,16-17H,14-15H2,1-2H3;4H,2,6H2,1H3. The summed E-state index contributed by atoms with van der Waals surface area (Å²) in [5.74, 6) is -1.04. The van der Waals surface area contributed by atoms with Crippen molar-refractivity contribution in [2.24, 2.45) is 16.6 Å². The third kappa shape index (κ3) is 5.21. The summed E-state index contributed by atoms with van der Waals surface area (Å²) in [4.78, 5) is 26.6. The van der Waals surface area contributed by atoms with E-state index < -0.39 is 18.0 Å². The van der Waals surface area contributed by atoms with Crippen molar-refractivity contribution in [1.82, 2.24) is 5.43 Å². The van der Waals surface area contributed by atoms with Gasteiger partial charge in [-0.15, -0.1) is 0 Å². The van der Waals surface area contributed by atoms with Crippen molar-refractivity contribution in [3.8, 4) is 0 Å². The van der Waals surface area contributed by atoms with E-state index in [1.54, 1.807) is 32.0 Å². The van der Waals surface area contributed by atoms with Crippen molar-refractivity contribution in [2.75, 3.05) is 11.2 Å². The molecule has 0 fully saturated rings. The molecule has 1 aromatic carbocycles. The maximum absolute atomic E-state index is 11.8. The molecule has 2 aliphatic heterocycles. The van der Waals surface area contributed by atoms with E-state index in [0.29, 0.717) is 34.8 Å². The number of oxime groups is 1. The quantitative estimate of drug-likeness (QED) is 0.203. The monoisotopic (exact) mass is 420 g/mol. The van der Waals surface area contributed by atoms with E-state index in [-0.39, 0.29) is 11.0 Å². The number of hydrazine groups is 1. The molecule has 10 nitrogen and oxygen atoms in total. The van der Waals surface area contributed by atoms with Crippen LogP contribution in [-0.4, -0.2) is 34.7 Å².